The number of amidine groups is 1. The van der Waals surface area contributed by atoms with E-state index in [0.717, 1.165) is 25.7 Å². The van der Waals surface area contributed by atoms with Gasteiger partial charge in [-0.1, -0.05) is 18.0 Å². The molecule has 5 heteroatoms. The molecule has 0 aliphatic heterocycles. The van der Waals surface area contributed by atoms with Crippen molar-refractivity contribution in [1.29, 1.82) is 0 Å². The van der Waals surface area contributed by atoms with E-state index in [1.165, 1.54) is 0 Å². The monoisotopic (exact) mass is 201 g/mol. The Kier molecular flexibility index (Phi) is 4.16. The van der Waals surface area contributed by atoms with E-state index in [0.29, 0.717) is 6.54 Å². The van der Waals surface area contributed by atoms with Gasteiger partial charge in [-0.25, -0.2) is 0 Å². The maximum atomic E-state index is 9.74. The SMILES string of the molecule is CN(CC(N)=NO)C1CCCCC1O. The minimum absolute atomic E-state index is 0.143. The van der Waals surface area contributed by atoms with Crippen molar-refractivity contribution in [3.63, 3.8) is 0 Å². The molecule has 1 aliphatic carbocycles. The zero-order valence-corrected chi connectivity index (χ0v) is 8.56. The molecular formula is C9H19N3O2. The predicted octanol–water partition coefficient (Wildman–Crippen LogP) is -0.0319. The molecule has 1 aliphatic rings. The van der Waals surface area contributed by atoms with Gasteiger partial charge in [-0.15, -0.1) is 0 Å². The van der Waals surface area contributed by atoms with Gasteiger partial charge in [0.2, 0.25) is 0 Å². The second-order valence-electron chi connectivity index (χ2n) is 3.93. The van der Waals surface area contributed by atoms with Gasteiger partial charge in [-0.2, -0.15) is 0 Å². The molecule has 2 unspecified atom stereocenters. The molecule has 82 valence electrons. The van der Waals surface area contributed by atoms with Crippen LogP contribution in [0.15, 0.2) is 5.16 Å². The molecule has 0 radical (unpaired) electrons. The number of nitrogens with two attached hydrogens (primary N) is 1. The van der Waals surface area contributed by atoms with Crippen molar-refractivity contribution >= 4 is 5.84 Å². The fourth-order valence-electron chi connectivity index (χ4n) is 2.01. The fraction of sp³-hybridized carbons (Fsp3) is 0.889. The summed E-state index contributed by atoms with van der Waals surface area (Å²) in [6.07, 6.45) is 3.79. The molecule has 0 aromatic heterocycles. The molecule has 0 amide bonds. The van der Waals surface area contributed by atoms with Crippen LogP contribution in [-0.2, 0) is 0 Å². The van der Waals surface area contributed by atoms with Crippen LogP contribution in [-0.4, -0.2) is 46.8 Å². The molecular weight excluding hydrogens is 182 g/mol. The van der Waals surface area contributed by atoms with E-state index < -0.39 is 0 Å². The van der Waals surface area contributed by atoms with E-state index in [2.05, 4.69) is 5.16 Å². The molecule has 2 atom stereocenters. The molecule has 1 saturated carbocycles. The Balaban J connectivity index is 2.45. The number of aliphatic hydroxyl groups is 1. The van der Waals surface area contributed by atoms with Crippen LogP contribution in [0.2, 0.25) is 0 Å². The molecule has 0 saturated heterocycles. The van der Waals surface area contributed by atoms with Gasteiger partial charge in [0.15, 0.2) is 5.84 Å². The average Bonchev–Trinajstić information content (AvgIpc) is 2.18. The van der Waals surface area contributed by atoms with Gasteiger partial charge in [0.05, 0.1) is 12.6 Å². The Bertz CT molecular complexity index is 208. The summed E-state index contributed by atoms with van der Waals surface area (Å²) in [6.45, 7) is 0.401. The van der Waals surface area contributed by atoms with Crippen LogP contribution in [0, 0.1) is 0 Å². The molecule has 5 nitrogen and oxygen atoms in total. The van der Waals surface area contributed by atoms with Crippen LogP contribution in [0.1, 0.15) is 25.7 Å². The topological polar surface area (TPSA) is 82.1 Å². The molecule has 1 fully saturated rings. The Morgan fingerprint density at radius 1 is 1.50 bits per heavy atom. The second kappa shape index (κ2) is 5.17. The van der Waals surface area contributed by atoms with Crippen molar-refractivity contribution < 1.29 is 10.3 Å². The highest BCUT2D eigenvalue weighted by Crippen LogP contribution is 2.21. The standard InChI is InChI=1S/C9H19N3O2/c1-12(6-9(10)11-14)7-4-2-3-5-8(7)13/h7-8,13-14H,2-6H2,1H3,(H2,10,11). The van der Waals surface area contributed by atoms with Crippen LogP contribution in [0.4, 0.5) is 0 Å². The van der Waals surface area contributed by atoms with Crippen molar-refractivity contribution in [1.82, 2.24) is 4.90 Å². The molecule has 14 heavy (non-hydrogen) atoms. The number of likely N-dealkylation sites (N-methyl/N-ethyl adjacent to an activating group) is 1. The lowest BCUT2D eigenvalue weighted by molar-refractivity contribution is 0.0386. The summed E-state index contributed by atoms with van der Waals surface area (Å²) in [6, 6.07) is 0.143. The van der Waals surface area contributed by atoms with Crippen molar-refractivity contribution in [2.75, 3.05) is 13.6 Å². The number of nitrogens with zero attached hydrogens (tertiary/aromatic N) is 2. The highest BCUT2D eigenvalue weighted by Gasteiger charge is 2.26. The number of hydrogen-bond donors (Lipinski definition) is 3. The first-order valence-electron chi connectivity index (χ1n) is 5.00. The quantitative estimate of drug-likeness (QED) is 0.259. The molecule has 0 heterocycles. The van der Waals surface area contributed by atoms with Gasteiger partial charge >= 0.3 is 0 Å². The average molecular weight is 201 g/mol. The second-order valence-corrected chi connectivity index (χ2v) is 3.93. The molecule has 1 rings (SSSR count). The first-order chi connectivity index (χ1) is 6.65. The first kappa shape index (κ1) is 11.3. The van der Waals surface area contributed by atoms with Crippen molar-refractivity contribution in [3.05, 3.63) is 0 Å². The minimum atomic E-state index is -0.278. The first-order valence-corrected chi connectivity index (χ1v) is 5.00. The van der Waals surface area contributed by atoms with Gasteiger partial charge in [0.1, 0.15) is 0 Å². The van der Waals surface area contributed by atoms with Gasteiger partial charge in [-0.3, -0.25) is 4.90 Å². The van der Waals surface area contributed by atoms with E-state index in [1.807, 2.05) is 11.9 Å². The van der Waals surface area contributed by atoms with Gasteiger partial charge in [0, 0.05) is 6.04 Å². The number of aliphatic hydroxyl groups excluding tert-OH is 1. The third kappa shape index (κ3) is 2.85. The normalized spacial score (nSPS) is 29.5. The van der Waals surface area contributed by atoms with Crippen molar-refractivity contribution in [2.24, 2.45) is 10.9 Å². The lowest BCUT2D eigenvalue weighted by Crippen LogP contribution is -2.46. The fourth-order valence-corrected chi connectivity index (χ4v) is 2.01. The molecule has 0 aromatic carbocycles. The summed E-state index contributed by atoms with van der Waals surface area (Å²) < 4.78 is 0. The van der Waals surface area contributed by atoms with Gasteiger partial charge in [-0.05, 0) is 19.9 Å². The van der Waals surface area contributed by atoms with E-state index in [4.69, 9.17) is 10.9 Å². The van der Waals surface area contributed by atoms with Crippen LogP contribution in [0.25, 0.3) is 0 Å². The van der Waals surface area contributed by atoms with E-state index in [9.17, 15) is 5.11 Å². The maximum Gasteiger partial charge on any atom is 0.153 e. The van der Waals surface area contributed by atoms with E-state index in [1.54, 1.807) is 0 Å². The number of oxime groups is 1. The Morgan fingerprint density at radius 3 is 2.71 bits per heavy atom. The van der Waals surface area contributed by atoms with E-state index in [-0.39, 0.29) is 18.0 Å². The summed E-state index contributed by atoms with van der Waals surface area (Å²) in [4.78, 5) is 1.94. The van der Waals surface area contributed by atoms with Crippen molar-refractivity contribution in [2.45, 2.75) is 37.8 Å². The van der Waals surface area contributed by atoms with E-state index >= 15 is 0 Å². The van der Waals surface area contributed by atoms with Crippen LogP contribution < -0.4 is 5.73 Å². The highest BCUT2D eigenvalue weighted by molar-refractivity contribution is 5.81. The minimum Gasteiger partial charge on any atom is -0.409 e. The lowest BCUT2D eigenvalue weighted by Gasteiger charge is -2.34. The molecule has 0 bridgehead atoms. The largest absolute Gasteiger partial charge is 0.409 e. The Morgan fingerprint density at radius 2 is 2.14 bits per heavy atom. The van der Waals surface area contributed by atoms with Crippen molar-refractivity contribution in [3.8, 4) is 0 Å². The predicted molar refractivity (Wildman–Crippen MR) is 54.3 cm³/mol. The smallest absolute Gasteiger partial charge is 0.153 e. The van der Waals surface area contributed by atoms with Gasteiger partial charge < -0.3 is 16.0 Å². The lowest BCUT2D eigenvalue weighted by atomic mass is 9.91. The summed E-state index contributed by atoms with van der Waals surface area (Å²) in [7, 11) is 1.89. The molecule has 0 aromatic rings. The molecule has 0 spiro atoms. The third-order valence-corrected chi connectivity index (χ3v) is 2.80. The molecule has 4 N–H and O–H groups in total. The van der Waals surface area contributed by atoms with Crippen LogP contribution >= 0.6 is 0 Å². The Hall–Kier alpha value is -0.810. The zero-order valence-electron chi connectivity index (χ0n) is 8.56. The summed E-state index contributed by atoms with van der Waals surface area (Å²) in [5, 5.41) is 21.1. The zero-order chi connectivity index (χ0) is 10.6. The number of rotatable bonds is 3. The maximum absolute atomic E-state index is 9.74. The van der Waals surface area contributed by atoms with Crippen LogP contribution in [0.3, 0.4) is 0 Å². The van der Waals surface area contributed by atoms with Crippen LogP contribution in [0.5, 0.6) is 0 Å². The third-order valence-electron chi connectivity index (χ3n) is 2.80. The Labute approximate surface area is 84.2 Å². The highest BCUT2D eigenvalue weighted by atomic mass is 16.4. The number of hydrogen-bond acceptors (Lipinski definition) is 4. The summed E-state index contributed by atoms with van der Waals surface area (Å²) >= 11 is 0. The summed E-state index contributed by atoms with van der Waals surface area (Å²) in [5.41, 5.74) is 5.40. The summed E-state index contributed by atoms with van der Waals surface area (Å²) in [5.74, 6) is 0.185. The van der Waals surface area contributed by atoms with Gasteiger partial charge in [0.25, 0.3) is 0 Å².